The summed E-state index contributed by atoms with van der Waals surface area (Å²) in [5.41, 5.74) is 0.687. The minimum atomic E-state index is -0.291. The second-order valence-electron chi connectivity index (χ2n) is 6.08. The van der Waals surface area contributed by atoms with Crippen LogP contribution in [0, 0.1) is 0 Å². The number of likely N-dealkylation sites (N-methyl/N-ethyl adjacent to an activating group) is 1. The van der Waals surface area contributed by atoms with Gasteiger partial charge < -0.3 is 0 Å². The van der Waals surface area contributed by atoms with Gasteiger partial charge in [0.25, 0.3) is 5.91 Å². The molecular formula is C17H22N2O2. The normalized spacial score (nSPS) is 24.1. The first-order valence-electron chi connectivity index (χ1n) is 7.82. The van der Waals surface area contributed by atoms with Gasteiger partial charge >= 0.3 is 0 Å². The molecule has 1 aromatic rings. The quantitative estimate of drug-likeness (QED) is 0.802. The number of rotatable bonds is 3. The van der Waals surface area contributed by atoms with Gasteiger partial charge in [-0.2, -0.15) is 0 Å². The maximum Gasteiger partial charge on any atom is 0.251 e. The first-order valence-corrected chi connectivity index (χ1v) is 7.82. The Balaban J connectivity index is 1.77. The minimum Gasteiger partial charge on any atom is -0.292 e. The lowest BCUT2D eigenvalue weighted by Gasteiger charge is -2.34. The minimum absolute atomic E-state index is 0.0701. The van der Waals surface area contributed by atoms with E-state index in [4.69, 9.17) is 0 Å². The molecule has 3 rings (SSSR count). The molecule has 1 atom stereocenters. The van der Waals surface area contributed by atoms with Crippen LogP contribution in [-0.4, -0.2) is 35.8 Å². The van der Waals surface area contributed by atoms with Crippen molar-refractivity contribution >= 4 is 17.5 Å². The van der Waals surface area contributed by atoms with Crippen LogP contribution in [0.5, 0.6) is 0 Å². The average molecular weight is 286 g/mol. The standard InChI is InChI=1S/C17H22N2O2/c1-18(13-8-4-2-5-9-13)15-12-16(20)19(17(15)21)14-10-6-3-7-11-14/h3,6-7,10-11,13,15H,2,4-5,8-9,12H2,1H3/t15-/m0/s1. The molecule has 0 aromatic heterocycles. The van der Waals surface area contributed by atoms with E-state index in [2.05, 4.69) is 4.90 Å². The van der Waals surface area contributed by atoms with Crippen LogP contribution in [-0.2, 0) is 9.59 Å². The number of carbonyl (C=O) groups excluding carboxylic acids is 2. The number of para-hydroxylation sites is 1. The topological polar surface area (TPSA) is 40.6 Å². The maximum absolute atomic E-state index is 12.7. The zero-order chi connectivity index (χ0) is 14.8. The Kier molecular flexibility index (Phi) is 4.06. The van der Waals surface area contributed by atoms with Crippen LogP contribution in [0.1, 0.15) is 38.5 Å². The molecule has 1 saturated heterocycles. The molecule has 1 heterocycles. The molecule has 112 valence electrons. The molecule has 1 saturated carbocycles. The van der Waals surface area contributed by atoms with Gasteiger partial charge in [0.1, 0.15) is 0 Å². The van der Waals surface area contributed by atoms with Crippen molar-refractivity contribution in [2.24, 2.45) is 0 Å². The summed E-state index contributed by atoms with van der Waals surface area (Å²) in [6.45, 7) is 0. The van der Waals surface area contributed by atoms with E-state index in [1.807, 2.05) is 37.4 Å². The van der Waals surface area contributed by atoms with E-state index in [-0.39, 0.29) is 17.9 Å². The van der Waals surface area contributed by atoms with E-state index in [0.29, 0.717) is 18.2 Å². The van der Waals surface area contributed by atoms with Crippen LogP contribution in [0.25, 0.3) is 0 Å². The lowest BCUT2D eigenvalue weighted by atomic mass is 9.93. The fourth-order valence-electron chi connectivity index (χ4n) is 3.53. The summed E-state index contributed by atoms with van der Waals surface area (Å²) < 4.78 is 0. The van der Waals surface area contributed by atoms with Crippen LogP contribution >= 0.6 is 0 Å². The van der Waals surface area contributed by atoms with Crippen LogP contribution in [0.15, 0.2) is 30.3 Å². The number of hydrogen-bond acceptors (Lipinski definition) is 3. The number of benzene rings is 1. The molecule has 0 unspecified atom stereocenters. The lowest BCUT2D eigenvalue weighted by Crippen LogP contribution is -2.45. The van der Waals surface area contributed by atoms with Gasteiger partial charge in [-0.15, -0.1) is 0 Å². The van der Waals surface area contributed by atoms with E-state index in [1.165, 1.54) is 24.2 Å². The largest absolute Gasteiger partial charge is 0.292 e. The average Bonchev–Trinajstić information content (AvgIpc) is 2.83. The van der Waals surface area contributed by atoms with Crippen LogP contribution in [0.3, 0.4) is 0 Å². The van der Waals surface area contributed by atoms with Gasteiger partial charge in [0, 0.05) is 6.04 Å². The molecule has 21 heavy (non-hydrogen) atoms. The van der Waals surface area contributed by atoms with Gasteiger partial charge in [-0.3, -0.25) is 14.5 Å². The first-order chi connectivity index (χ1) is 10.2. The number of amides is 2. The fraction of sp³-hybridized carbons (Fsp3) is 0.529. The summed E-state index contributed by atoms with van der Waals surface area (Å²) >= 11 is 0. The molecule has 4 nitrogen and oxygen atoms in total. The summed E-state index contributed by atoms with van der Waals surface area (Å²) in [5, 5.41) is 0. The first kappa shape index (κ1) is 14.3. The molecule has 1 aliphatic heterocycles. The summed E-state index contributed by atoms with van der Waals surface area (Å²) in [6, 6.07) is 9.39. The molecule has 0 spiro atoms. The summed E-state index contributed by atoms with van der Waals surface area (Å²) in [5.74, 6) is -0.155. The van der Waals surface area contributed by atoms with Crippen molar-refractivity contribution in [3.8, 4) is 0 Å². The van der Waals surface area contributed by atoms with Crippen LogP contribution in [0.2, 0.25) is 0 Å². The predicted molar refractivity (Wildman–Crippen MR) is 82.0 cm³/mol. The Labute approximate surface area is 125 Å². The number of hydrogen-bond donors (Lipinski definition) is 0. The zero-order valence-corrected chi connectivity index (χ0v) is 12.5. The van der Waals surface area contributed by atoms with Gasteiger partial charge in [-0.05, 0) is 32.0 Å². The predicted octanol–water partition coefficient (Wildman–Crippen LogP) is 2.58. The van der Waals surface area contributed by atoms with E-state index in [1.54, 1.807) is 0 Å². The van der Waals surface area contributed by atoms with Crippen molar-refractivity contribution in [1.29, 1.82) is 0 Å². The Bertz CT molecular complexity index is 523. The van der Waals surface area contributed by atoms with Crippen molar-refractivity contribution in [2.75, 3.05) is 11.9 Å². The van der Waals surface area contributed by atoms with Crippen LogP contribution in [0.4, 0.5) is 5.69 Å². The monoisotopic (exact) mass is 286 g/mol. The van der Waals surface area contributed by atoms with Gasteiger partial charge in [-0.1, -0.05) is 37.5 Å². The summed E-state index contributed by atoms with van der Waals surface area (Å²) in [6.07, 6.45) is 6.33. The van der Waals surface area contributed by atoms with Gasteiger partial charge in [0.05, 0.1) is 18.2 Å². The van der Waals surface area contributed by atoms with Crippen LogP contribution < -0.4 is 4.90 Å². The van der Waals surface area contributed by atoms with E-state index < -0.39 is 0 Å². The van der Waals surface area contributed by atoms with Gasteiger partial charge in [-0.25, -0.2) is 4.90 Å². The Morgan fingerprint density at radius 1 is 1.05 bits per heavy atom. The number of anilines is 1. The van der Waals surface area contributed by atoms with E-state index in [9.17, 15) is 9.59 Å². The molecule has 0 bridgehead atoms. The second kappa shape index (κ2) is 5.98. The highest BCUT2D eigenvalue weighted by Gasteiger charge is 2.43. The SMILES string of the molecule is CN(C1CCCCC1)[C@H]1CC(=O)N(c2ccccc2)C1=O. The highest BCUT2D eigenvalue weighted by molar-refractivity contribution is 6.22. The van der Waals surface area contributed by atoms with E-state index in [0.717, 1.165) is 12.8 Å². The molecule has 0 N–H and O–H groups in total. The highest BCUT2D eigenvalue weighted by atomic mass is 16.2. The highest BCUT2D eigenvalue weighted by Crippen LogP contribution is 2.29. The summed E-state index contributed by atoms with van der Waals surface area (Å²) in [7, 11) is 2.00. The molecule has 2 amide bonds. The fourth-order valence-corrected chi connectivity index (χ4v) is 3.53. The maximum atomic E-state index is 12.7. The van der Waals surface area contributed by atoms with Crippen molar-refractivity contribution in [3.63, 3.8) is 0 Å². The molecule has 2 fully saturated rings. The number of carbonyl (C=O) groups is 2. The molecular weight excluding hydrogens is 264 g/mol. The zero-order valence-electron chi connectivity index (χ0n) is 12.5. The molecule has 1 aliphatic carbocycles. The Morgan fingerprint density at radius 3 is 2.38 bits per heavy atom. The Hall–Kier alpha value is -1.68. The van der Waals surface area contributed by atoms with Crippen molar-refractivity contribution < 1.29 is 9.59 Å². The van der Waals surface area contributed by atoms with Crippen molar-refractivity contribution in [2.45, 2.75) is 50.6 Å². The smallest absolute Gasteiger partial charge is 0.251 e. The third kappa shape index (κ3) is 2.72. The van der Waals surface area contributed by atoms with Crippen molar-refractivity contribution in [1.82, 2.24) is 4.90 Å². The molecule has 0 radical (unpaired) electrons. The molecule has 2 aliphatic rings. The number of imide groups is 1. The molecule has 1 aromatic carbocycles. The van der Waals surface area contributed by atoms with E-state index >= 15 is 0 Å². The van der Waals surface area contributed by atoms with Gasteiger partial charge in [0.2, 0.25) is 5.91 Å². The second-order valence-corrected chi connectivity index (χ2v) is 6.08. The van der Waals surface area contributed by atoms with Gasteiger partial charge in [0.15, 0.2) is 0 Å². The Morgan fingerprint density at radius 2 is 1.71 bits per heavy atom. The lowest BCUT2D eigenvalue weighted by molar-refractivity contribution is -0.123. The third-order valence-corrected chi connectivity index (χ3v) is 4.78. The summed E-state index contributed by atoms with van der Waals surface area (Å²) in [4.78, 5) is 28.4. The third-order valence-electron chi connectivity index (χ3n) is 4.78. The number of nitrogens with zero attached hydrogens (tertiary/aromatic N) is 2. The molecule has 4 heteroatoms. The van der Waals surface area contributed by atoms with Crippen molar-refractivity contribution in [3.05, 3.63) is 30.3 Å².